The van der Waals surface area contributed by atoms with Crippen LogP contribution in [0.5, 0.6) is 0 Å². The van der Waals surface area contributed by atoms with Gasteiger partial charge in [0.1, 0.15) is 5.69 Å². The molecule has 5 nitrogen and oxygen atoms in total. The number of nitrogens with one attached hydrogen (secondary N) is 3. The number of aryl methyl sites for hydroxylation is 1. The molecular weight excluding hydrogens is 390 g/mol. The van der Waals surface area contributed by atoms with Crippen molar-refractivity contribution in [1.29, 1.82) is 0 Å². The lowest BCUT2D eigenvalue weighted by molar-refractivity contribution is 0.739. The van der Waals surface area contributed by atoms with E-state index in [0.29, 0.717) is 0 Å². The second-order valence-electron chi connectivity index (χ2n) is 7.37. The van der Waals surface area contributed by atoms with Crippen molar-refractivity contribution >= 4 is 33.4 Å². The topological polar surface area (TPSA) is 69.4 Å². The van der Waals surface area contributed by atoms with Gasteiger partial charge in [-0.1, -0.05) is 36.9 Å². The minimum Gasteiger partial charge on any atom is -0.340 e. The van der Waals surface area contributed by atoms with E-state index in [1.54, 1.807) is 11.3 Å². The molecule has 4 heterocycles. The van der Waals surface area contributed by atoms with Crippen molar-refractivity contribution in [2.24, 2.45) is 0 Å². The van der Waals surface area contributed by atoms with E-state index in [1.165, 1.54) is 16.0 Å². The predicted molar refractivity (Wildman–Crippen MR) is 125 cm³/mol. The fraction of sp³-hybridized carbons (Fsp3) is 0.167. The highest BCUT2D eigenvalue weighted by molar-refractivity contribution is 7.11. The molecule has 0 radical (unpaired) electrons. The predicted octanol–water partition coefficient (Wildman–Crippen LogP) is 5.32. The fourth-order valence-electron chi connectivity index (χ4n) is 3.94. The summed E-state index contributed by atoms with van der Waals surface area (Å²) in [5.74, 6) is 0.775. The second-order valence-corrected chi connectivity index (χ2v) is 8.32. The zero-order valence-corrected chi connectivity index (χ0v) is 17.6. The third kappa shape index (κ3) is 3.34. The summed E-state index contributed by atoms with van der Waals surface area (Å²) in [5.41, 5.74) is 7.51. The van der Waals surface area contributed by atoms with Crippen LogP contribution in [0.2, 0.25) is 0 Å². The lowest BCUT2D eigenvalue weighted by Crippen LogP contribution is -2.19. The highest BCUT2D eigenvalue weighted by atomic mass is 32.1. The first-order valence-corrected chi connectivity index (χ1v) is 10.9. The normalized spacial score (nSPS) is 14.8. The van der Waals surface area contributed by atoms with Crippen molar-refractivity contribution in [3.8, 4) is 11.5 Å². The van der Waals surface area contributed by atoms with Crippen molar-refractivity contribution in [2.75, 3.05) is 13.1 Å². The van der Waals surface area contributed by atoms with Gasteiger partial charge in [-0.2, -0.15) is 5.10 Å². The molecule has 3 N–H and O–H groups in total. The van der Waals surface area contributed by atoms with Crippen LogP contribution >= 0.6 is 11.3 Å². The Bertz CT molecular complexity index is 1270. The van der Waals surface area contributed by atoms with Crippen LogP contribution in [-0.4, -0.2) is 33.3 Å². The summed E-state index contributed by atoms with van der Waals surface area (Å²) in [4.78, 5) is 9.57. The van der Waals surface area contributed by atoms with E-state index in [4.69, 9.17) is 4.98 Å². The van der Waals surface area contributed by atoms with E-state index in [-0.39, 0.29) is 0 Å². The van der Waals surface area contributed by atoms with Gasteiger partial charge in [-0.25, -0.2) is 4.98 Å². The van der Waals surface area contributed by atoms with E-state index >= 15 is 0 Å². The number of imidazole rings is 1. The summed E-state index contributed by atoms with van der Waals surface area (Å²) < 4.78 is 0. The third-order valence-electron chi connectivity index (χ3n) is 5.43. The zero-order chi connectivity index (χ0) is 20.5. The van der Waals surface area contributed by atoms with E-state index in [0.717, 1.165) is 58.9 Å². The molecule has 0 unspecified atom stereocenters. The molecule has 0 atom stereocenters. The van der Waals surface area contributed by atoms with Crippen LogP contribution in [-0.2, 0) is 0 Å². The van der Waals surface area contributed by atoms with E-state index in [2.05, 4.69) is 75.8 Å². The number of rotatable bonds is 5. The number of benzene rings is 1. The lowest BCUT2D eigenvalue weighted by Gasteiger charge is -2.14. The van der Waals surface area contributed by atoms with Crippen LogP contribution in [0.15, 0.2) is 60.5 Å². The van der Waals surface area contributed by atoms with Crippen LogP contribution < -0.4 is 5.32 Å². The number of hydrogen-bond donors (Lipinski definition) is 3. The molecule has 30 heavy (non-hydrogen) atoms. The molecule has 5 rings (SSSR count). The Morgan fingerprint density at radius 1 is 1.27 bits per heavy atom. The highest BCUT2D eigenvalue weighted by Crippen LogP contribution is 2.33. The van der Waals surface area contributed by atoms with E-state index in [1.807, 2.05) is 12.2 Å². The molecule has 0 amide bonds. The largest absolute Gasteiger partial charge is 0.340 e. The Balaban J connectivity index is 1.59. The Kier molecular flexibility index (Phi) is 4.94. The molecule has 0 saturated heterocycles. The molecule has 3 aromatic heterocycles. The second kappa shape index (κ2) is 7.89. The molecular formula is C24H23N5S. The molecule has 4 aromatic rings. The average Bonchev–Trinajstić information content (AvgIpc) is 3.52. The molecule has 0 bridgehead atoms. The SMILES string of the molecule is C=C/C=C(/c1cccs1)c1nc(-c2n[nH]c3ccc(C4=CCNCC4)cc23)[nH]c1C. The number of aromatic amines is 2. The number of fused-ring (bicyclic) bond motifs is 1. The number of aromatic nitrogens is 4. The molecule has 0 fully saturated rings. The van der Waals surface area contributed by atoms with Gasteiger partial charge < -0.3 is 10.3 Å². The van der Waals surface area contributed by atoms with Gasteiger partial charge in [-0.15, -0.1) is 11.3 Å². The quantitative estimate of drug-likeness (QED) is 0.388. The minimum atomic E-state index is 0.775. The van der Waals surface area contributed by atoms with Gasteiger partial charge in [0.05, 0.1) is 11.2 Å². The van der Waals surface area contributed by atoms with Gasteiger partial charge in [-0.3, -0.25) is 5.10 Å². The van der Waals surface area contributed by atoms with Crippen LogP contribution in [0.25, 0.3) is 33.6 Å². The van der Waals surface area contributed by atoms with Crippen LogP contribution in [0.3, 0.4) is 0 Å². The summed E-state index contributed by atoms with van der Waals surface area (Å²) in [7, 11) is 0. The van der Waals surface area contributed by atoms with Gasteiger partial charge in [0, 0.05) is 28.1 Å². The summed E-state index contributed by atoms with van der Waals surface area (Å²) >= 11 is 1.70. The van der Waals surface area contributed by atoms with Crippen LogP contribution in [0, 0.1) is 6.92 Å². The monoisotopic (exact) mass is 413 g/mol. The van der Waals surface area contributed by atoms with E-state index in [9.17, 15) is 0 Å². The van der Waals surface area contributed by atoms with Gasteiger partial charge in [0.25, 0.3) is 0 Å². The standard InChI is InChI=1S/C24H23N5S/c1-3-5-18(21-6-4-13-30-21)22-15(2)26-24(27-22)23-19-14-17(7-8-20(19)28-29-23)16-9-11-25-12-10-16/h3-9,13-14,25H,1,10-12H2,2H3,(H,26,27)(H,28,29)/b18-5-. The van der Waals surface area contributed by atoms with Crippen molar-refractivity contribution in [1.82, 2.24) is 25.5 Å². The van der Waals surface area contributed by atoms with Gasteiger partial charge in [-0.05, 0) is 54.6 Å². The molecule has 1 aromatic carbocycles. The first-order valence-electron chi connectivity index (χ1n) is 10.1. The fourth-order valence-corrected chi connectivity index (χ4v) is 4.69. The van der Waals surface area contributed by atoms with Crippen LogP contribution in [0.1, 0.15) is 28.2 Å². The molecule has 1 aliphatic rings. The summed E-state index contributed by atoms with van der Waals surface area (Å²) in [6.07, 6.45) is 7.14. The maximum atomic E-state index is 4.95. The average molecular weight is 414 g/mol. The molecule has 150 valence electrons. The Hall–Kier alpha value is -3.22. The molecule has 0 aliphatic carbocycles. The summed E-state index contributed by atoms with van der Waals surface area (Å²) in [5, 5.41) is 14.3. The third-order valence-corrected chi connectivity index (χ3v) is 6.34. The number of thiophene rings is 1. The molecule has 1 aliphatic heterocycles. The Morgan fingerprint density at radius 3 is 2.97 bits per heavy atom. The zero-order valence-electron chi connectivity index (χ0n) is 16.8. The Labute approximate surface area is 179 Å². The summed E-state index contributed by atoms with van der Waals surface area (Å²) in [6.45, 7) is 7.87. The van der Waals surface area contributed by atoms with Gasteiger partial charge >= 0.3 is 0 Å². The van der Waals surface area contributed by atoms with Crippen molar-refractivity contribution < 1.29 is 0 Å². The lowest BCUT2D eigenvalue weighted by atomic mass is 9.98. The minimum absolute atomic E-state index is 0.775. The summed E-state index contributed by atoms with van der Waals surface area (Å²) in [6, 6.07) is 10.7. The Morgan fingerprint density at radius 2 is 2.20 bits per heavy atom. The van der Waals surface area contributed by atoms with Crippen molar-refractivity contribution in [3.63, 3.8) is 0 Å². The first kappa shape index (κ1) is 18.8. The number of allylic oxidation sites excluding steroid dienone is 2. The van der Waals surface area contributed by atoms with Crippen LogP contribution in [0.4, 0.5) is 0 Å². The maximum Gasteiger partial charge on any atom is 0.159 e. The highest BCUT2D eigenvalue weighted by Gasteiger charge is 2.18. The molecule has 0 saturated carbocycles. The number of hydrogen-bond acceptors (Lipinski definition) is 4. The first-order chi connectivity index (χ1) is 14.7. The van der Waals surface area contributed by atoms with Crippen molar-refractivity contribution in [3.05, 3.63) is 82.3 Å². The molecule has 6 heteroatoms. The number of H-pyrrole nitrogens is 2. The smallest absolute Gasteiger partial charge is 0.159 e. The van der Waals surface area contributed by atoms with Gasteiger partial charge in [0.15, 0.2) is 5.82 Å². The molecule has 0 spiro atoms. The van der Waals surface area contributed by atoms with E-state index < -0.39 is 0 Å². The van der Waals surface area contributed by atoms with Gasteiger partial charge in [0.2, 0.25) is 0 Å². The maximum absolute atomic E-state index is 4.95. The van der Waals surface area contributed by atoms with Crippen molar-refractivity contribution in [2.45, 2.75) is 13.3 Å². The number of nitrogens with zero attached hydrogens (tertiary/aromatic N) is 2.